The Morgan fingerprint density at radius 2 is 2.33 bits per heavy atom. The van der Waals surface area contributed by atoms with Gasteiger partial charge in [0, 0.05) is 18.2 Å². The molecule has 0 aromatic heterocycles. The molecule has 2 aliphatic rings. The van der Waals surface area contributed by atoms with Crippen LogP contribution in [-0.2, 0) is 11.2 Å². The van der Waals surface area contributed by atoms with Crippen LogP contribution in [0.15, 0.2) is 18.2 Å². The highest BCUT2D eigenvalue weighted by atomic mass is 16.2. The molecule has 1 amide bonds. The molecule has 2 aliphatic heterocycles. The summed E-state index contributed by atoms with van der Waals surface area (Å²) in [7, 11) is 0. The Bertz CT molecular complexity index is 487. The number of anilines is 1. The van der Waals surface area contributed by atoms with Crippen molar-refractivity contribution in [1.82, 2.24) is 0 Å². The third-order valence-corrected chi connectivity index (χ3v) is 3.25. The van der Waals surface area contributed by atoms with Gasteiger partial charge in [-0.25, -0.2) is 0 Å². The summed E-state index contributed by atoms with van der Waals surface area (Å²) in [5.74, 6) is 0.225. The lowest BCUT2D eigenvalue weighted by molar-refractivity contribution is -0.117. The third-order valence-electron chi connectivity index (χ3n) is 3.25. The molecule has 1 atom stereocenters. The third kappa shape index (κ3) is 1.08. The van der Waals surface area contributed by atoms with Gasteiger partial charge in [-0.1, -0.05) is 0 Å². The van der Waals surface area contributed by atoms with Crippen LogP contribution in [0.1, 0.15) is 24.0 Å². The van der Waals surface area contributed by atoms with Crippen molar-refractivity contribution in [3.05, 3.63) is 29.3 Å². The second kappa shape index (κ2) is 2.83. The van der Waals surface area contributed by atoms with Crippen LogP contribution in [0.5, 0.6) is 0 Å². The van der Waals surface area contributed by atoms with Crippen LogP contribution in [-0.4, -0.2) is 11.9 Å². The summed E-state index contributed by atoms with van der Waals surface area (Å²) in [6, 6.07) is 8.07. The van der Waals surface area contributed by atoms with E-state index in [2.05, 4.69) is 6.07 Å². The van der Waals surface area contributed by atoms with Crippen molar-refractivity contribution in [2.45, 2.75) is 25.3 Å². The van der Waals surface area contributed by atoms with Crippen molar-refractivity contribution in [3.8, 4) is 6.07 Å². The number of benzene rings is 1. The SMILES string of the molecule is N#Cc1ccc2c(c1)CC1CCC(=O)N21. The van der Waals surface area contributed by atoms with E-state index in [1.54, 1.807) is 6.07 Å². The van der Waals surface area contributed by atoms with Crippen molar-refractivity contribution in [2.75, 3.05) is 4.90 Å². The smallest absolute Gasteiger partial charge is 0.227 e. The van der Waals surface area contributed by atoms with Gasteiger partial charge in [-0.15, -0.1) is 0 Å². The van der Waals surface area contributed by atoms with Crippen LogP contribution < -0.4 is 4.90 Å². The van der Waals surface area contributed by atoms with Gasteiger partial charge in [-0.05, 0) is 36.6 Å². The summed E-state index contributed by atoms with van der Waals surface area (Å²) in [6.45, 7) is 0. The van der Waals surface area contributed by atoms with Gasteiger partial charge in [0.2, 0.25) is 5.91 Å². The molecule has 1 unspecified atom stereocenters. The first-order valence-electron chi connectivity index (χ1n) is 5.14. The molecular formula is C12H10N2O. The number of fused-ring (bicyclic) bond motifs is 3. The molecule has 0 radical (unpaired) electrons. The van der Waals surface area contributed by atoms with Gasteiger partial charge in [0.05, 0.1) is 11.6 Å². The number of hydrogen-bond donors (Lipinski definition) is 0. The maximum Gasteiger partial charge on any atom is 0.227 e. The van der Waals surface area contributed by atoms with Crippen molar-refractivity contribution >= 4 is 11.6 Å². The molecule has 3 heteroatoms. The summed E-state index contributed by atoms with van der Waals surface area (Å²) in [5, 5.41) is 8.79. The molecule has 3 nitrogen and oxygen atoms in total. The molecule has 1 aromatic rings. The summed E-state index contributed by atoms with van der Waals surface area (Å²) >= 11 is 0. The lowest BCUT2D eigenvalue weighted by atomic mass is 10.1. The Morgan fingerprint density at radius 1 is 1.47 bits per heavy atom. The highest BCUT2D eigenvalue weighted by Crippen LogP contribution is 2.38. The first kappa shape index (κ1) is 8.49. The zero-order chi connectivity index (χ0) is 10.4. The minimum absolute atomic E-state index is 0.225. The number of hydrogen-bond acceptors (Lipinski definition) is 2. The predicted molar refractivity (Wildman–Crippen MR) is 55.4 cm³/mol. The molecule has 0 spiro atoms. The molecule has 3 rings (SSSR count). The molecule has 1 fully saturated rings. The maximum absolute atomic E-state index is 11.6. The van der Waals surface area contributed by atoms with E-state index in [9.17, 15) is 4.79 Å². The molecule has 1 aromatic carbocycles. The highest BCUT2D eigenvalue weighted by molar-refractivity contribution is 5.98. The first-order valence-corrected chi connectivity index (χ1v) is 5.14. The van der Waals surface area contributed by atoms with E-state index in [0.29, 0.717) is 18.0 Å². The Hall–Kier alpha value is -1.82. The van der Waals surface area contributed by atoms with Crippen LogP contribution in [0, 0.1) is 11.3 Å². The fraction of sp³-hybridized carbons (Fsp3) is 0.333. The fourth-order valence-corrected chi connectivity index (χ4v) is 2.58. The summed E-state index contributed by atoms with van der Waals surface area (Å²) in [6.07, 6.45) is 2.54. The number of nitriles is 1. The van der Waals surface area contributed by atoms with Crippen LogP contribution >= 0.6 is 0 Å². The van der Waals surface area contributed by atoms with Crippen molar-refractivity contribution in [3.63, 3.8) is 0 Å². The second-order valence-electron chi connectivity index (χ2n) is 4.12. The van der Waals surface area contributed by atoms with Gasteiger partial charge < -0.3 is 4.90 Å². The number of amides is 1. The van der Waals surface area contributed by atoms with E-state index >= 15 is 0 Å². The van der Waals surface area contributed by atoms with E-state index < -0.39 is 0 Å². The fourth-order valence-electron chi connectivity index (χ4n) is 2.58. The number of rotatable bonds is 0. The zero-order valence-electron chi connectivity index (χ0n) is 8.23. The zero-order valence-corrected chi connectivity index (χ0v) is 8.23. The number of nitrogens with zero attached hydrogens (tertiary/aromatic N) is 2. The number of carbonyl (C=O) groups is 1. The van der Waals surface area contributed by atoms with Crippen molar-refractivity contribution in [1.29, 1.82) is 5.26 Å². The predicted octanol–water partition coefficient (Wildman–Crippen LogP) is 1.61. The van der Waals surface area contributed by atoms with Gasteiger partial charge in [0.1, 0.15) is 0 Å². The van der Waals surface area contributed by atoms with Crippen LogP contribution in [0.3, 0.4) is 0 Å². The van der Waals surface area contributed by atoms with Gasteiger partial charge in [-0.2, -0.15) is 5.26 Å². The highest BCUT2D eigenvalue weighted by Gasteiger charge is 2.38. The lowest BCUT2D eigenvalue weighted by Crippen LogP contribution is -2.28. The quantitative estimate of drug-likeness (QED) is 0.635. The summed E-state index contributed by atoms with van der Waals surface area (Å²) in [4.78, 5) is 13.5. The van der Waals surface area contributed by atoms with E-state index in [0.717, 1.165) is 24.1 Å². The van der Waals surface area contributed by atoms with E-state index in [1.807, 2.05) is 17.0 Å². The number of carbonyl (C=O) groups excluding carboxylic acids is 1. The Kier molecular flexibility index (Phi) is 1.60. The Balaban J connectivity index is 2.10. The average Bonchev–Trinajstić information content (AvgIpc) is 2.77. The Labute approximate surface area is 87.9 Å². The normalized spacial score (nSPS) is 22.5. The van der Waals surface area contributed by atoms with Gasteiger partial charge in [0.15, 0.2) is 0 Å². The Morgan fingerprint density at radius 3 is 3.13 bits per heavy atom. The van der Waals surface area contributed by atoms with Crippen LogP contribution in [0.4, 0.5) is 5.69 Å². The molecular weight excluding hydrogens is 188 g/mol. The molecule has 2 heterocycles. The van der Waals surface area contributed by atoms with Crippen LogP contribution in [0.2, 0.25) is 0 Å². The second-order valence-corrected chi connectivity index (χ2v) is 4.12. The van der Waals surface area contributed by atoms with E-state index in [1.165, 1.54) is 0 Å². The summed E-state index contributed by atoms with van der Waals surface area (Å²) in [5.41, 5.74) is 2.84. The van der Waals surface area contributed by atoms with Crippen molar-refractivity contribution < 1.29 is 4.79 Å². The molecule has 0 N–H and O–H groups in total. The molecule has 74 valence electrons. The standard InChI is InChI=1S/C12H10N2O/c13-7-8-1-3-11-9(5-8)6-10-2-4-12(15)14(10)11/h1,3,5,10H,2,4,6H2. The van der Waals surface area contributed by atoms with Crippen LogP contribution in [0.25, 0.3) is 0 Å². The van der Waals surface area contributed by atoms with Gasteiger partial charge in [0.25, 0.3) is 0 Å². The maximum atomic E-state index is 11.6. The topological polar surface area (TPSA) is 44.1 Å². The molecule has 0 bridgehead atoms. The molecule has 15 heavy (non-hydrogen) atoms. The molecule has 1 saturated heterocycles. The minimum atomic E-state index is 0.225. The van der Waals surface area contributed by atoms with E-state index in [-0.39, 0.29) is 5.91 Å². The van der Waals surface area contributed by atoms with Crippen molar-refractivity contribution in [2.24, 2.45) is 0 Å². The lowest BCUT2D eigenvalue weighted by Gasteiger charge is -2.15. The minimum Gasteiger partial charge on any atom is -0.309 e. The van der Waals surface area contributed by atoms with E-state index in [4.69, 9.17) is 5.26 Å². The molecule has 0 aliphatic carbocycles. The molecule has 0 saturated carbocycles. The van der Waals surface area contributed by atoms with Gasteiger partial charge >= 0.3 is 0 Å². The largest absolute Gasteiger partial charge is 0.309 e. The monoisotopic (exact) mass is 198 g/mol. The first-order chi connectivity index (χ1) is 7.29. The summed E-state index contributed by atoms with van der Waals surface area (Å²) < 4.78 is 0. The average molecular weight is 198 g/mol. The van der Waals surface area contributed by atoms with Gasteiger partial charge in [-0.3, -0.25) is 4.79 Å².